The molecule has 0 aliphatic heterocycles. The molecule has 0 radical (unpaired) electrons. The van der Waals surface area contributed by atoms with E-state index < -0.39 is 6.10 Å². The van der Waals surface area contributed by atoms with E-state index in [1.54, 1.807) is 0 Å². The molecular weight excluding hydrogens is 877 g/mol. The van der Waals surface area contributed by atoms with Gasteiger partial charge in [-0.2, -0.15) is 0 Å². The lowest BCUT2D eigenvalue weighted by atomic mass is 10.0. The maximum Gasteiger partial charge on any atom is 0.306 e. The molecular formula is C65H126O6. The van der Waals surface area contributed by atoms with E-state index >= 15 is 0 Å². The number of carbonyl (C=O) groups is 3. The standard InChI is InChI=1S/C65H126O6/c1-5-7-9-11-13-15-17-19-20-21-22-26-29-33-37-41-45-49-53-57-64(67)70-60-62(59-69-63(66)56-52-48-44-40-36-31-18-16-14-12-10-8-6-2)71-65(68)58-54-50-46-42-38-34-30-27-24-23-25-28-32-35-39-43-47-51-55-61(3)4/h61-62H,5-60H2,1-4H3/t62-/m0/s1. The number of hydrogen-bond donors (Lipinski definition) is 0. The van der Waals surface area contributed by atoms with Crippen molar-refractivity contribution in [2.75, 3.05) is 13.2 Å². The summed E-state index contributed by atoms with van der Waals surface area (Å²) in [5, 5.41) is 0. The summed E-state index contributed by atoms with van der Waals surface area (Å²) in [5.41, 5.74) is 0. The molecule has 1 atom stereocenters. The van der Waals surface area contributed by atoms with Gasteiger partial charge in [0.05, 0.1) is 0 Å². The molecule has 0 spiro atoms. The normalized spacial score (nSPS) is 12.0. The van der Waals surface area contributed by atoms with Crippen LogP contribution in [0, 0.1) is 5.92 Å². The summed E-state index contributed by atoms with van der Waals surface area (Å²) in [5.74, 6) is 0.0313. The fourth-order valence-corrected chi connectivity index (χ4v) is 10.2. The highest BCUT2D eigenvalue weighted by Crippen LogP contribution is 2.19. The van der Waals surface area contributed by atoms with Crippen LogP contribution in [0.4, 0.5) is 0 Å². The molecule has 6 heteroatoms. The van der Waals surface area contributed by atoms with Crippen molar-refractivity contribution in [3.05, 3.63) is 0 Å². The molecule has 422 valence electrons. The highest BCUT2D eigenvalue weighted by Gasteiger charge is 2.19. The van der Waals surface area contributed by atoms with Crippen molar-refractivity contribution in [3.8, 4) is 0 Å². The van der Waals surface area contributed by atoms with Gasteiger partial charge in [-0.1, -0.05) is 336 Å². The van der Waals surface area contributed by atoms with Crippen LogP contribution in [0.5, 0.6) is 0 Å². The molecule has 0 heterocycles. The molecule has 0 amide bonds. The number of esters is 3. The lowest BCUT2D eigenvalue weighted by Crippen LogP contribution is -2.30. The van der Waals surface area contributed by atoms with Gasteiger partial charge in [-0.05, 0) is 25.2 Å². The van der Waals surface area contributed by atoms with Crippen molar-refractivity contribution in [2.45, 2.75) is 381 Å². The summed E-state index contributed by atoms with van der Waals surface area (Å²) >= 11 is 0. The number of unbranched alkanes of at least 4 members (excludes halogenated alkanes) is 47. The molecule has 0 bridgehead atoms. The van der Waals surface area contributed by atoms with Crippen LogP contribution >= 0.6 is 0 Å². The van der Waals surface area contributed by atoms with Crippen molar-refractivity contribution in [1.29, 1.82) is 0 Å². The van der Waals surface area contributed by atoms with Gasteiger partial charge in [-0.25, -0.2) is 0 Å². The lowest BCUT2D eigenvalue weighted by molar-refractivity contribution is -0.167. The number of hydrogen-bond acceptors (Lipinski definition) is 6. The Bertz CT molecular complexity index is 1070. The monoisotopic (exact) mass is 1000 g/mol. The molecule has 0 rings (SSSR count). The van der Waals surface area contributed by atoms with Gasteiger partial charge in [-0.3, -0.25) is 14.4 Å². The van der Waals surface area contributed by atoms with Crippen LogP contribution in [0.15, 0.2) is 0 Å². The maximum atomic E-state index is 12.9. The average Bonchev–Trinajstić information content (AvgIpc) is 3.36. The molecule has 0 aliphatic carbocycles. The molecule has 71 heavy (non-hydrogen) atoms. The molecule has 6 nitrogen and oxygen atoms in total. The van der Waals surface area contributed by atoms with Crippen LogP contribution in [0.2, 0.25) is 0 Å². The molecule has 0 unspecified atom stereocenters. The minimum Gasteiger partial charge on any atom is -0.462 e. The van der Waals surface area contributed by atoms with Gasteiger partial charge in [0.1, 0.15) is 13.2 Å². The van der Waals surface area contributed by atoms with Gasteiger partial charge in [0.2, 0.25) is 0 Å². The third-order valence-electron chi connectivity index (χ3n) is 15.0. The number of carbonyl (C=O) groups excluding carboxylic acids is 3. The van der Waals surface area contributed by atoms with E-state index in [1.165, 1.54) is 270 Å². The summed E-state index contributed by atoms with van der Waals surface area (Å²) in [4.78, 5) is 38.3. The first-order valence-electron chi connectivity index (χ1n) is 32.4. The molecule has 0 aliphatic rings. The van der Waals surface area contributed by atoms with Crippen LogP contribution in [-0.2, 0) is 28.6 Å². The van der Waals surface area contributed by atoms with Crippen LogP contribution in [0.25, 0.3) is 0 Å². The van der Waals surface area contributed by atoms with Crippen molar-refractivity contribution < 1.29 is 28.6 Å². The summed E-state index contributed by atoms with van der Waals surface area (Å²) in [7, 11) is 0. The summed E-state index contributed by atoms with van der Waals surface area (Å²) in [6.45, 7) is 9.10. The van der Waals surface area contributed by atoms with Gasteiger partial charge >= 0.3 is 17.9 Å². The van der Waals surface area contributed by atoms with Crippen LogP contribution < -0.4 is 0 Å². The Kier molecular flexibility index (Phi) is 58.0. The van der Waals surface area contributed by atoms with Crippen LogP contribution in [-0.4, -0.2) is 37.2 Å². The largest absolute Gasteiger partial charge is 0.462 e. The first-order chi connectivity index (χ1) is 34.9. The van der Waals surface area contributed by atoms with Gasteiger partial charge in [0, 0.05) is 19.3 Å². The fourth-order valence-electron chi connectivity index (χ4n) is 10.2. The second-order valence-corrected chi connectivity index (χ2v) is 22.9. The highest BCUT2D eigenvalue weighted by molar-refractivity contribution is 5.71. The summed E-state index contributed by atoms with van der Waals surface area (Å²) in [6.07, 6.45) is 66.8. The average molecular weight is 1000 g/mol. The van der Waals surface area contributed by atoms with Crippen molar-refractivity contribution in [1.82, 2.24) is 0 Å². The van der Waals surface area contributed by atoms with E-state index in [4.69, 9.17) is 14.2 Å². The number of ether oxygens (including phenoxy) is 3. The van der Waals surface area contributed by atoms with E-state index in [0.29, 0.717) is 19.3 Å². The van der Waals surface area contributed by atoms with Gasteiger partial charge in [-0.15, -0.1) is 0 Å². The first kappa shape index (κ1) is 69.4. The Hall–Kier alpha value is -1.59. The maximum absolute atomic E-state index is 12.9. The van der Waals surface area contributed by atoms with Gasteiger partial charge in [0.15, 0.2) is 6.10 Å². The van der Waals surface area contributed by atoms with Crippen LogP contribution in [0.3, 0.4) is 0 Å². The summed E-state index contributed by atoms with van der Waals surface area (Å²) < 4.78 is 17.0. The van der Waals surface area contributed by atoms with Gasteiger partial charge in [0.25, 0.3) is 0 Å². The molecule has 0 fully saturated rings. The minimum absolute atomic E-state index is 0.0610. The minimum atomic E-state index is -0.763. The Labute approximate surface area is 444 Å². The van der Waals surface area contributed by atoms with Crippen molar-refractivity contribution in [2.24, 2.45) is 5.92 Å². The Balaban J connectivity index is 4.24. The topological polar surface area (TPSA) is 78.9 Å². The predicted molar refractivity (Wildman–Crippen MR) is 307 cm³/mol. The molecule has 0 N–H and O–H groups in total. The van der Waals surface area contributed by atoms with E-state index in [-0.39, 0.29) is 31.1 Å². The van der Waals surface area contributed by atoms with E-state index in [0.717, 1.165) is 63.7 Å². The lowest BCUT2D eigenvalue weighted by Gasteiger charge is -2.18. The third kappa shape index (κ3) is 59.2. The highest BCUT2D eigenvalue weighted by atomic mass is 16.6. The molecule has 0 aromatic rings. The molecule has 0 aromatic heterocycles. The van der Waals surface area contributed by atoms with E-state index in [2.05, 4.69) is 27.7 Å². The summed E-state index contributed by atoms with van der Waals surface area (Å²) in [6, 6.07) is 0. The SMILES string of the molecule is CCCCCCCCCCCCCCCCCCCCCC(=O)OC[C@H](COC(=O)CCCCCCCCCCCCCCC)OC(=O)CCCCCCCCCCCCCCCCCCCCC(C)C. The smallest absolute Gasteiger partial charge is 0.306 e. The van der Waals surface area contributed by atoms with Crippen molar-refractivity contribution in [3.63, 3.8) is 0 Å². The predicted octanol–water partition coefficient (Wildman–Crippen LogP) is 21.7. The zero-order valence-corrected chi connectivity index (χ0v) is 48.7. The van der Waals surface area contributed by atoms with Crippen molar-refractivity contribution >= 4 is 17.9 Å². The van der Waals surface area contributed by atoms with E-state index in [9.17, 15) is 14.4 Å². The second-order valence-electron chi connectivity index (χ2n) is 22.9. The number of rotatable bonds is 60. The fraction of sp³-hybridized carbons (Fsp3) is 0.954. The Morgan fingerprint density at radius 2 is 0.465 bits per heavy atom. The zero-order valence-electron chi connectivity index (χ0n) is 48.7. The Morgan fingerprint density at radius 1 is 0.268 bits per heavy atom. The second kappa shape index (κ2) is 59.3. The quantitative estimate of drug-likeness (QED) is 0.0343. The zero-order chi connectivity index (χ0) is 51.6. The molecule has 0 aromatic carbocycles. The van der Waals surface area contributed by atoms with Crippen LogP contribution in [0.1, 0.15) is 374 Å². The van der Waals surface area contributed by atoms with Gasteiger partial charge < -0.3 is 14.2 Å². The molecule has 0 saturated carbocycles. The third-order valence-corrected chi connectivity index (χ3v) is 15.0. The molecule has 0 saturated heterocycles. The Morgan fingerprint density at radius 3 is 0.690 bits per heavy atom. The first-order valence-corrected chi connectivity index (χ1v) is 32.4. The van der Waals surface area contributed by atoms with E-state index in [1.807, 2.05) is 0 Å².